The Kier molecular flexibility index (Phi) is 9.72. The summed E-state index contributed by atoms with van der Waals surface area (Å²) in [6.07, 6.45) is 4.97. The molecule has 0 aliphatic carbocycles. The van der Waals surface area contributed by atoms with Gasteiger partial charge in [-0.3, -0.25) is 4.79 Å². The molecule has 1 amide bonds. The normalized spacial score (nSPS) is 11.4. The molecule has 23 heavy (non-hydrogen) atoms. The Morgan fingerprint density at radius 2 is 2.00 bits per heavy atom. The van der Waals surface area contributed by atoms with Crippen LogP contribution >= 0.6 is 23.2 Å². The highest BCUT2D eigenvalue weighted by molar-refractivity contribution is 6.35. The third-order valence-electron chi connectivity index (χ3n) is 3.27. The van der Waals surface area contributed by atoms with Crippen molar-refractivity contribution < 1.29 is 9.53 Å². The minimum Gasteiger partial charge on any atom is -0.492 e. The number of hydrogen-bond donors (Lipinski definition) is 1. The predicted molar refractivity (Wildman–Crippen MR) is 96.6 cm³/mol. The number of hydrogen-bond acceptors (Lipinski definition) is 3. The van der Waals surface area contributed by atoms with Crippen molar-refractivity contribution in [3.05, 3.63) is 28.2 Å². The van der Waals surface area contributed by atoms with Crippen LogP contribution in [-0.2, 0) is 4.79 Å². The SMILES string of the molecule is CCCC/C(CC)=N/NC(=O)CCCOc1ccc(Cl)cc1Cl. The summed E-state index contributed by atoms with van der Waals surface area (Å²) in [6.45, 7) is 4.60. The molecule has 128 valence electrons. The number of nitrogens with one attached hydrogen (secondary N) is 1. The van der Waals surface area contributed by atoms with Gasteiger partial charge < -0.3 is 4.74 Å². The maximum atomic E-state index is 11.7. The number of hydrazone groups is 1. The molecule has 0 saturated heterocycles. The van der Waals surface area contributed by atoms with Crippen LogP contribution in [0.5, 0.6) is 5.75 Å². The zero-order chi connectivity index (χ0) is 17.1. The molecule has 0 radical (unpaired) electrons. The summed E-state index contributed by atoms with van der Waals surface area (Å²) in [5.41, 5.74) is 3.64. The van der Waals surface area contributed by atoms with Crippen molar-refractivity contribution in [1.29, 1.82) is 0 Å². The average molecular weight is 359 g/mol. The number of carbonyl (C=O) groups is 1. The Morgan fingerprint density at radius 1 is 1.22 bits per heavy atom. The van der Waals surface area contributed by atoms with E-state index in [2.05, 4.69) is 17.5 Å². The van der Waals surface area contributed by atoms with Crippen molar-refractivity contribution in [1.82, 2.24) is 5.43 Å². The Balaban J connectivity index is 2.27. The molecule has 0 spiro atoms. The first-order chi connectivity index (χ1) is 11.1. The standard InChI is InChI=1S/C17H24Cl2N2O2/c1-3-5-7-14(4-2)20-21-17(22)8-6-11-23-16-10-9-13(18)12-15(16)19/h9-10,12H,3-8,11H2,1-2H3,(H,21,22)/b20-14+. The van der Waals surface area contributed by atoms with Crippen LogP contribution in [0.15, 0.2) is 23.3 Å². The fraction of sp³-hybridized carbons (Fsp3) is 0.529. The maximum absolute atomic E-state index is 11.7. The molecule has 0 saturated carbocycles. The quantitative estimate of drug-likeness (QED) is 0.353. The third kappa shape index (κ3) is 8.24. The molecular formula is C17H24Cl2N2O2. The van der Waals surface area contributed by atoms with Crippen molar-refractivity contribution in [3.63, 3.8) is 0 Å². The van der Waals surface area contributed by atoms with Crippen LogP contribution in [0.25, 0.3) is 0 Å². The first kappa shape index (κ1) is 19.8. The molecule has 0 fully saturated rings. The van der Waals surface area contributed by atoms with E-state index < -0.39 is 0 Å². The molecule has 4 nitrogen and oxygen atoms in total. The minimum absolute atomic E-state index is 0.0988. The number of halogens is 2. The van der Waals surface area contributed by atoms with Crippen molar-refractivity contribution >= 4 is 34.8 Å². The van der Waals surface area contributed by atoms with E-state index in [-0.39, 0.29) is 5.91 Å². The van der Waals surface area contributed by atoms with E-state index in [0.29, 0.717) is 35.2 Å². The fourth-order valence-corrected chi connectivity index (χ4v) is 2.36. The van der Waals surface area contributed by atoms with Gasteiger partial charge in [0.25, 0.3) is 0 Å². The number of nitrogens with zero attached hydrogens (tertiary/aromatic N) is 1. The second-order valence-corrected chi connectivity index (χ2v) is 6.04. The molecule has 0 bridgehead atoms. The summed E-state index contributed by atoms with van der Waals surface area (Å²) in [5, 5.41) is 5.21. The highest BCUT2D eigenvalue weighted by Gasteiger charge is 2.04. The zero-order valence-corrected chi connectivity index (χ0v) is 15.2. The first-order valence-corrected chi connectivity index (χ1v) is 8.74. The number of amides is 1. The lowest BCUT2D eigenvalue weighted by Crippen LogP contribution is -2.20. The van der Waals surface area contributed by atoms with Gasteiger partial charge in [-0.05, 0) is 43.9 Å². The molecule has 1 N–H and O–H groups in total. The number of rotatable bonds is 10. The highest BCUT2D eigenvalue weighted by atomic mass is 35.5. The number of unbranched alkanes of at least 4 members (excludes halogenated alkanes) is 1. The number of ether oxygens (including phenoxy) is 1. The summed E-state index contributed by atoms with van der Waals surface area (Å²) in [7, 11) is 0. The van der Waals surface area contributed by atoms with Crippen LogP contribution in [0.2, 0.25) is 10.0 Å². The van der Waals surface area contributed by atoms with Crippen LogP contribution in [0.3, 0.4) is 0 Å². The molecule has 1 aromatic carbocycles. The van der Waals surface area contributed by atoms with E-state index in [0.717, 1.165) is 31.4 Å². The lowest BCUT2D eigenvalue weighted by Gasteiger charge is -2.08. The molecule has 0 aromatic heterocycles. The predicted octanol–water partition coefficient (Wildman–Crippen LogP) is 5.22. The van der Waals surface area contributed by atoms with Gasteiger partial charge in [-0.15, -0.1) is 0 Å². The van der Waals surface area contributed by atoms with Crippen molar-refractivity contribution in [2.24, 2.45) is 5.10 Å². The van der Waals surface area contributed by atoms with Crippen LogP contribution in [-0.4, -0.2) is 18.2 Å². The largest absolute Gasteiger partial charge is 0.492 e. The maximum Gasteiger partial charge on any atom is 0.240 e. The smallest absolute Gasteiger partial charge is 0.240 e. The average Bonchev–Trinajstić information content (AvgIpc) is 2.53. The van der Waals surface area contributed by atoms with E-state index in [1.807, 2.05) is 6.92 Å². The van der Waals surface area contributed by atoms with Gasteiger partial charge in [-0.2, -0.15) is 5.10 Å². The van der Waals surface area contributed by atoms with Crippen molar-refractivity contribution in [3.8, 4) is 5.75 Å². The monoisotopic (exact) mass is 358 g/mol. The second-order valence-electron chi connectivity index (χ2n) is 5.20. The Labute approximate surface area is 148 Å². The molecule has 1 rings (SSSR count). The first-order valence-electron chi connectivity index (χ1n) is 7.99. The lowest BCUT2D eigenvalue weighted by molar-refractivity contribution is -0.121. The zero-order valence-electron chi connectivity index (χ0n) is 13.7. The van der Waals surface area contributed by atoms with Gasteiger partial charge in [0.2, 0.25) is 5.91 Å². The molecule has 0 aliphatic heterocycles. The van der Waals surface area contributed by atoms with Gasteiger partial charge in [0.15, 0.2) is 0 Å². The summed E-state index contributed by atoms with van der Waals surface area (Å²) in [5.74, 6) is 0.473. The third-order valence-corrected chi connectivity index (χ3v) is 3.80. The van der Waals surface area contributed by atoms with Crippen LogP contribution in [0.4, 0.5) is 0 Å². The number of carbonyl (C=O) groups excluding carboxylic acids is 1. The summed E-state index contributed by atoms with van der Waals surface area (Å²) in [6, 6.07) is 5.06. The van der Waals surface area contributed by atoms with Gasteiger partial charge in [0.1, 0.15) is 5.75 Å². The van der Waals surface area contributed by atoms with Gasteiger partial charge >= 0.3 is 0 Å². The molecule has 0 heterocycles. The van der Waals surface area contributed by atoms with Gasteiger partial charge in [0.05, 0.1) is 11.6 Å². The Bertz CT molecular complexity index is 533. The van der Waals surface area contributed by atoms with E-state index in [9.17, 15) is 4.79 Å². The summed E-state index contributed by atoms with van der Waals surface area (Å²) in [4.78, 5) is 11.7. The topological polar surface area (TPSA) is 50.7 Å². The van der Waals surface area contributed by atoms with E-state index in [1.165, 1.54) is 0 Å². The molecule has 0 atom stereocenters. The van der Waals surface area contributed by atoms with Crippen LogP contribution < -0.4 is 10.2 Å². The van der Waals surface area contributed by atoms with E-state index in [1.54, 1.807) is 18.2 Å². The fourth-order valence-electron chi connectivity index (χ4n) is 1.90. The Hall–Kier alpha value is -1.26. The van der Waals surface area contributed by atoms with E-state index >= 15 is 0 Å². The van der Waals surface area contributed by atoms with Crippen LogP contribution in [0.1, 0.15) is 52.4 Å². The number of benzene rings is 1. The van der Waals surface area contributed by atoms with Crippen molar-refractivity contribution in [2.75, 3.05) is 6.61 Å². The highest BCUT2D eigenvalue weighted by Crippen LogP contribution is 2.27. The molecule has 6 heteroatoms. The minimum atomic E-state index is -0.0988. The van der Waals surface area contributed by atoms with Gasteiger partial charge in [0, 0.05) is 17.2 Å². The van der Waals surface area contributed by atoms with Crippen molar-refractivity contribution in [2.45, 2.75) is 52.4 Å². The molecular weight excluding hydrogens is 335 g/mol. The summed E-state index contributed by atoms with van der Waals surface area (Å²) >= 11 is 11.8. The lowest BCUT2D eigenvalue weighted by atomic mass is 10.1. The molecule has 0 unspecified atom stereocenters. The Morgan fingerprint density at radius 3 is 2.65 bits per heavy atom. The van der Waals surface area contributed by atoms with Crippen LogP contribution in [0, 0.1) is 0 Å². The van der Waals surface area contributed by atoms with E-state index in [4.69, 9.17) is 27.9 Å². The van der Waals surface area contributed by atoms with Gasteiger partial charge in [-0.25, -0.2) is 5.43 Å². The molecule has 0 aliphatic rings. The van der Waals surface area contributed by atoms with Gasteiger partial charge in [-0.1, -0.05) is 43.5 Å². The second kappa shape index (κ2) is 11.3. The molecule has 1 aromatic rings. The summed E-state index contributed by atoms with van der Waals surface area (Å²) < 4.78 is 5.54.